The molecule has 3 nitrogen and oxygen atoms in total. The van der Waals surface area contributed by atoms with Gasteiger partial charge >= 0.3 is 157 Å². The molecule has 0 spiro atoms. The first kappa shape index (κ1) is 28.3. The van der Waals surface area contributed by atoms with Gasteiger partial charge in [-0.3, -0.25) is 0 Å². The number of benzene rings is 5. The SMILES string of the molecule is Cc1cc(OB(O)O)c(C)c(C)c1C.c1ccc([PH](c2ccccc2)(c2ccccc2)c2ccccc2)cc1. The zero-order valence-corrected chi connectivity index (χ0v) is 24.0. The van der Waals surface area contributed by atoms with Crippen molar-refractivity contribution in [3.05, 3.63) is 150 Å². The van der Waals surface area contributed by atoms with E-state index in [0.29, 0.717) is 5.75 Å². The van der Waals surface area contributed by atoms with Crippen LogP contribution in [0.1, 0.15) is 22.3 Å². The second kappa shape index (κ2) is 12.9. The first-order valence-electron chi connectivity index (χ1n) is 13.2. The van der Waals surface area contributed by atoms with Gasteiger partial charge in [-0.15, -0.1) is 0 Å². The van der Waals surface area contributed by atoms with Gasteiger partial charge in [-0.2, -0.15) is 0 Å². The molecule has 5 aromatic carbocycles. The van der Waals surface area contributed by atoms with Gasteiger partial charge in [0.25, 0.3) is 0 Å². The number of rotatable bonds is 6. The Morgan fingerprint density at radius 3 is 1.13 bits per heavy atom. The van der Waals surface area contributed by atoms with E-state index in [4.69, 9.17) is 14.7 Å². The summed E-state index contributed by atoms with van der Waals surface area (Å²) in [5.41, 5.74) is 4.37. The van der Waals surface area contributed by atoms with Crippen LogP contribution in [0.25, 0.3) is 0 Å². The summed E-state index contributed by atoms with van der Waals surface area (Å²) in [4.78, 5) is 0. The molecule has 0 saturated carbocycles. The van der Waals surface area contributed by atoms with Crippen molar-refractivity contribution in [2.45, 2.75) is 27.7 Å². The molecular weight excluding hydrogens is 498 g/mol. The van der Waals surface area contributed by atoms with Crippen LogP contribution in [0.2, 0.25) is 0 Å². The number of hydrogen-bond acceptors (Lipinski definition) is 3. The molecule has 0 aromatic heterocycles. The Kier molecular flexibility index (Phi) is 9.38. The summed E-state index contributed by atoms with van der Waals surface area (Å²) >= 11 is 0. The molecule has 0 saturated heterocycles. The van der Waals surface area contributed by atoms with Crippen LogP contribution in [0.15, 0.2) is 127 Å². The van der Waals surface area contributed by atoms with E-state index < -0.39 is 14.6 Å². The van der Waals surface area contributed by atoms with E-state index in [1.54, 1.807) is 0 Å². The van der Waals surface area contributed by atoms with Gasteiger partial charge in [0, 0.05) is 0 Å². The third-order valence-electron chi connectivity index (χ3n) is 7.49. The predicted octanol–water partition coefficient (Wildman–Crippen LogP) is 5.31. The zero-order chi connectivity index (χ0) is 27.8. The Labute approximate surface area is 233 Å². The Morgan fingerprint density at radius 2 is 0.821 bits per heavy atom. The van der Waals surface area contributed by atoms with E-state index in [-0.39, 0.29) is 0 Å². The van der Waals surface area contributed by atoms with Crippen molar-refractivity contribution >= 4 is 35.8 Å². The molecule has 0 radical (unpaired) electrons. The van der Waals surface area contributed by atoms with Crippen molar-refractivity contribution in [2.75, 3.05) is 0 Å². The summed E-state index contributed by atoms with van der Waals surface area (Å²) in [5.74, 6) is 0.528. The molecule has 0 fully saturated rings. The van der Waals surface area contributed by atoms with Gasteiger partial charge in [-0.1, -0.05) is 0 Å². The van der Waals surface area contributed by atoms with Crippen LogP contribution in [0.3, 0.4) is 0 Å². The summed E-state index contributed by atoms with van der Waals surface area (Å²) in [6.07, 6.45) is 0. The average molecular weight is 534 g/mol. The van der Waals surface area contributed by atoms with Crippen LogP contribution in [0, 0.1) is 27.7 Å². The Hall–Kier alpha value is -3.69. The maximum atomic E-state index is 8.71. The summed E-state index contributed by atoms with van der Waals surface area (Å²) in [6, 6.07) is 45.8. The molecular formula is C34H36BO3P. The fourth-order valence-electron chi connectivity index (χ4n) is 5.16. The fraction of sp³-hybridized carbons (Fsp3) is 0.118. The van der Waals surface area contributed by atoms with E-state index in [9.17, 15) is 0 Å². The Bertz CT molecular complexity index is 1310. The van der Waals surface area contributed by atoms with Crippen molar-refractivity contribution in [3.63, 3.8) is 0 Å². The van der Waals surface area contributed by atoms with Crippen molar-refractivity contribution in [2.24, 2.45) is 0 Å². The van der Waals surface area contributed by atoms with Crippen molar-refractivity contribution < 1.29 is 14.7 Å². The predicted molar refractivity (Wildman–Crippen MR) is 169 cm³/mol. The maximum absolute atomic E-state index is 8.71. The second-order valence-corrected chi connectivity index (χ2v) is 13.5. The molecule has 0 unspecified atom stereocenters. The summed E-state index contributed by atoms with van der Waals surface area (Å²) in [6.45, 7) is 7.91. The molecule has 0 heterocycles. The van der Waals surface area contributed by atoms with E-state index >= 15 is 0 Å². The average Bonchev–Trinajstić information content (AvgIpc) is 2.98. The van der Waals surface area contributed by atoms with Gasteiger partial charge in [0.05, 0.1) is 0 Å². The van der Waals surface area contributed by atoms with Crippen LogP contribution in [0.4, 0.5) is 0 Å². The summed E-state index contributed by atoms with van der Waals surface area (Å²) < 4.78 is 4.87. The molecule has 0 aliphatic heterocycles. The normalized spacial score (nSPS) is 11.2. The quantitative estimate of drug-likeness (QED) is 0.230. The molecule has 0 amide bonds. The van der Waals surface area contributed by atoms with Crippen LogP contribution in [0.5, 0.6) is 5.75 Å². The fourth-order valence-corrected chi connectivity index (χ4v) is 9.93. The monoisotopic (exact) mass is 534 g/mol. The van der Waals surface area contributed by atoms with Crippen LogP contribution in [-0.2, 0) is 0 Å². The molecule has 0 aliphatic rings. The van der Waals surface area contributed by atoms with Gasteiger partial charge < -0.3 is 14.7 Å². The van der Waals surface area contributed by atoms with Gasteiger partial charge in [0.1, 0.15) is 5.75 Å². The van der Waals surface area contributed by atoms with E-state index in [0.717, 1.165) is 16.7 Å². The van der Waals surface area contributed by atoms with Gasteiger partial charge in [-0.25, -0.2) is 0 Å². The summed E-state index contributed by atoms with van der Waals surface area (Å²) in [7, 11) is -4.05. The van der Waals surface area contributed by atoms with E-state index in [2.05, 4.69) is 121 Å². The van der Waals surface area contributed by atoms with Gasteiger partial charge in [-0.05, 0) is 56.0 Å². The number of aryl methyl sites for hydroxylation is 1. The third-order valence-corrected chi connectivity index (χ3v) is 12.3. The molecule has 0 atom stereocenters. The second-order valence-electron chi connectivity index (χ2n) is 9.72. The molecule has 2 N–H and O–H groups in total. The number of hydrogen-bond donors (Lipinski definition) is 2. The molecule has 5 aromatic rings. The third kappa shape index (κ3) is 6.15. The van der Waals surface area contributed by atoms with E-state index in [1.807, 2.05) is 33.8 Å². The van der Waals surface area contributed by atoms with Crippen LogP contribution >= 0.6 is 7.26 Å². The zero-order valence-electron chi connectivity index (χ0n) is 23.0. The van der Waals surface area contributed by atoms with Crippen LogP contribution < -0.4 is 25.9 Å². The van der Waals surface area contributed by atoms with Crippen LogP contribution in [-0.4, -0.2) is 17.4 Å². The standard InChI is InChI=1S/C24H21P.C10H15BO3/c1-5-13-21(14-6-1)25(22-15-7-2-8-16-22,23-17-9-3-10-18-23)24-19-11-4-12-20-24;1-6-5-10(14-11(12)13)9(4)8(3)7(6)2/h1-20,25H;5,12-13H,1-4H3. The first-order valence-corrected chi connectivity index (χ1v) is 15.2. The molecule has 198 valence electrons. The minimum absolute atomic E-state index is 0.528. The molecule has 5 rings (SSSR count). The van der Waals surface area contributed by atoms with Gasteiger partial charge in [0.15, 0.2) is 0 Å². The minimum atomic E-state index is -2.30. The Balaban J connectivity index is 0.000000215. The molecule has 0 aliphatic carbocycles. The molecule has 39 heavy (non-hydrogen) atoms. The van der Waals surface area contributed by atoms with Crippen molar-refractivity contribution in [1.29, 1.82) is 0 Å². The Morgan fingerprint density at radius 1 is 0.487 bits per heavy atom. The molecule has 0 bridgehead atoms. The summed E-state index contributed by atoms with van der Waals surface area (Å²) in [5, 5.41) is 23.1. The van der Waals surface area contributed by atoms with Crippen molar-refractivity contribution in [1.82, 2.24) is 0 Å². The first-order chi connectivity index (χ1) is 18.9. The van der Waals surface area contributed by atoms with Crippen molar-refractivity contribution in [3.8, 4) is 5.75 Å². The molecule has 5 heteroatoms. The van der Waals surface area contributed by atoms with E-state index in [1.165, 1.54) is 26.8 Å². The van der Waals surface area contributed by atoms with Gasteiger partial charge in [0.2, 0.25) is 0 Å². The topological polar surface area (TPSA) is 49.7 Å².